The second-order valence-corrected chi connectivity index (χ2v) is 4.91. The van der Waals surface area contributed by atoms with Crippen LogP contribution in [0.1, 0.15) is 0 Å². The summed E-state index contributed by atoms with van der Waals surface area (Å²) in [5.74, 6) is 0.252. The minimum Gasteiger partial charge on any atom is -0.268 e. The number of aromatic nitrogens is 6. The first-order valence-corrected chi connectivity index (χ1v) is 6.29. The molecule has 4 aromatic rings. The van der Waals surface area contributed by atoms with Crippen molar-refractivity contribution in [1.29, 1.82) is 0 Å². The Labute approximate surface area is 158 Å². The van der Waals surface area contributed by atoms with Crippen molar-refractivity contribution in [2.24, 2.45) is 0 Å². The first-order chi connectivity index (χ1) is 9.34. The van der Waals surface area contributed by atoms with Crippen molar-refractivity contribution < 1.29 is 0 Å². The van der Waals surface area contributed by atoms with Crippen LogP contribution in [0.15, 0.2) is 35.3 Å². The molecule has 0 bridgehead atoms. The SMILES string of the molecule is O=c1c(-c2nn[nH]n2)cnc2sc3ccccc3n12.[K]. The van der Waals surface area contributed by atoms with Crippen LogP contribution in [0.3, 0.4) is 0 Å². The number of tetrazole rings is 1. The molecule has 93 valence electrons. The molecule has 3 aromatic heterocycles. The third-order valence-corrected chi connectivity index (χ3v) is 3.86. The number of aromatic amines is 1. The van der Waals surface area contributed by atoms with Crippen LogP contribution in [0.25, 0.3) is 26.6 Å². The quantitative estimate of drug-likeness (QED) is 0.523. The van der Waals surface area contributed by atoms with Gasteiger partial charge in [-0.2, -0.15) is 5.21 Å². The number of thiazole rings is 1. The standard InChI is InChI=1S/C11H6N6OS.K/c18-10-6(9-13-15-16-14-9)5-12-11-17(10)7-3-1-2-4-8(7)19-11;/h1-5H,(H,13,14,15,16);. The molecule has 0 aliphatic heterocycles. The number of H-pyrrole nitrogens is 1. The Morgan fingerprint density at radius 3 is 2.90 bits per heavy atom. The second-order valence-electron chi connectivity index (χ2n) is 3.90. The Bertz CT molecular complexity index is 945. The molecule has 0 saturated carbocycles. The molecule has 0 unspecified atom stereocenters. The van der Waals surface area contributed by atoms with Gasteiger partial charge in [0.05, 0.1) is 10.2 Å². The molecule has 1 N–H and O–H groups in total. The summed E-state index contributed by atoms with van der Waals surface area (Å²) in [6.45, 7) is 0. The summed E-state index contributed by atoms with van der Waals surface area (Å²) in [5.41, 5.74) is 0.976. The van der Waals surface area contributed by atoms with E-state index in [-0.39, 0.29) is 62.8 Å². The van der Waals surface area contributed by atoms with E-state index in [9.17, 15) is 4.79 Å². The zero-order chi connectivity index (χ0) is 12.8. The summed E-state index contributed by atoms with van der Waals surface area (Å²) in [7, 11) is 0. The van der Waals surface area contributed by atoms with Crippen LogP contribution >= 0.6 is 11.3 Å². The van der Waals surface area contributed by atoms with Crippen LogP contribution in [-0.2, 0) is 0 Å². The van der Waals surface area contributed by atoms with E-state index >= 15 is 0 Å². The van der Waals surface area contributed by atoms with Gasteiger partial charge >= 0.3 is 0 Å². The van der Waals surface area contributed by atoms with Crippen molar-refractivity contribution in [2.45, 2.75) is 0 Å². The minimum absolute atomic E-state index is 0. The molecule has 0 aliphatic carbocycles. The van der Waals surface area contributed by atoms with Gasteiger partial charge in [0.15, 0.2) is 4.96 Å². The fourth-order valence-corrected chi connectivity index (χ4v) is 2.97. The molecule has 20 heavy (non-hydrogen) atoms. The Balaban J connectivity index is 0.00000121. The molecule has 4 rings (SSSR count). The van der Waals surface area contributed by atoms with Crippen molar-refractivity contribution in [3.8, 4) is 11.4 Å². The van der Waals surface area contributed by atoms with Gasteiger partial charge in [-0.15, -0.1) is 10.2 Å². The Morgan fingerprint density at radius 1 is 1.25 bits per heavy atom. The third-order valence-electron chi connectivity index (χ3n) is 2.82. The molecule has 1 radical (unpaired) electrons. The Morgan fingerprint density at radius 2 is 2.10 bits per heavy atom. The molecular formula is C11H6KN6OS. The van der Waals surface area contributed by atoms with Crippen LogP contribution in [0, 0.1) is 0 Å². The van der Waals surface area contributed by atoms with E-state index in [2.05, 4.69) is 25.6 Å². The molecule has 0 spiro atoms. The van der Waals surface area contributed by atoms with E-state index in [1.54, 1.807) is 4.40 Å². The van der Waals surface area contributed by atoms with E-state index in [1.807, 2.05) is 24.3 Å². The molecule has 7 nitrogen and oxygen atoms in total. The largest absolute Gasteiger partial charge is 0.270 e. The van der Waals surface area contributed by atoms with Gasteiger partial charge in [0.25, 0.3) is 5.56 Å². The van der Waals surface area contributed by atoms with E-state index in [1.165, 1.54) is 17.5 Å². The van der Waals surface area contributed by atoms with Crippen molar-refractivity contribution >= 4 is 77.9 Å². The van der Waals surface area contributed by atoms with Gasteiger partial charge in [0.1, 0.15) is 5.56 Å². The second kappa shape index (κ2) is 5.43. The topological polar surface area (TPSA) is 88.8 Å². The van der Waals surface area contributed by atoms with Gasteiger partial charge < -0.3 is 0 Å². The molecule has 0 amide bonds. The van der Waals surface area contributed by atoms with Gasteiger partial charge in [-0.3, -0.25) is 9.20 Å². The number of nitrogens with zero attached hydrogens (tertiary/aromatic N) is 5. The van der Waals surface area contributed by atoms with Crippen molar-refractivity contribution in [1.82, 2.24) is 30.0 Å². The van der Waals surface area contributed by atoms with Gasteiger partial charge in [0, 0.05) is 57.6 Å². The van der Waals surface area contributed by atoms with Gasteiger partial charge in [0.2, 0.25) is 5.82 Å². The third kappa shape index (κ3) is 2.06. The summed E-state index contributed by atoms with van der Waals surface area (Å²) in [6.07, 6.45) is 1.48. The van der Waals surface area contributed by atoms with E-state index in [0.29, 0.717) is 10.5 Å². The molecule has 9 heteroatoms. The van der Waals surface area contributed by atoms with Crippen LogP contribution in [-0.4, -0.2) is 81.4 Å². The predicted molar refractivity (Wildman–Crippen MR) is 75.8 cm³/mol. The summed E-state index contributed by atoms with van der Waals surface area (Å²) in [5, 5.41) is 13.4. The number of rotatable bonds is 1. The fourth-order valence-electron chi connectivity index (χ4n) is 1.98. The first kappa shape index (κ1) is 14.0. The normalized spacial score (nSPS) is 10.8. The zero-order valence-corrected chi connectivity index (χ0v) is 14.4. The summed E-state index contributed by atoms with van der Waals surface area (Å²) < 4.78 is 2.59. The maximum absolute atomic E-state index is 12.5. The number of benzene rings is 1. The molecule has 0 aliphatic rings. The van der Waals surface area contributed by atoms with Gasteiger partial charge in [-0.25, -0.2) is 4.98 Å². The average molecular weight is 309 g/mol. The van der Waals surface area contributed by atoms with Crippen LogP contribution in [0.2, 0.25) is 0 Å². The summed E-state index contributed by atoms with van der Waals surface area (Å²) in [6, 6.07) is 7.68. The molecule has 0 fully saturated rings. The van der Waals surface area contributed by atoms with Crippen molar-refractivity contribution in [2.75, 3.05) is 0 Å². The number of nitrogens with one attached hydrogen (secondary N) is 1. The van der Waals surface area contributed by atoms with E-state index < -0.39 is 0 Å². The minimum atomic E-state index is -0.191. The maximum Gasteiger partial charge on any atom is 0.270 e. The van der Waals surface area contributed by atoms with Crippen LogP contribution in [0.4, 0.5) is 0 Å². The van der Waals surface area contributed by atoms with Crippen LogP contribution < -0.4 is 5.56 Å². The molecular weight excluding hydrogens is 303 g/mol. The monoisotopic (exact) mass is 309 g/mol. The van der Waals surface area contributed by atoms with Crippen molar-refractivity contribution in [3.63, 3.8) is 0 Å². The zero-order valence-electron chi connectivity index (χ0n) is 10.4. The number of fused-ring (bicyclic) bond motifs is 3. The van der Waals surface area contributed by atoms with Gasteiger partial charge in [-0.05, 0) is 17.3 Å². The smallest absolute Gasteiger partial charge is 0.268 e. The average Bonchev–Trinajstić information content (AvgIpc) is 3.05. The summed E-state index contributed by atoms with van der Waals surface area (Å²) >= 11 is 1.47. The first-order valence-electron chi connectivity index (χ1n) is 5.48. The Hall–Kier alpha value is -0.974. The number of para-hydroxylation sites is 1. The molecule has 3 heterocycles. The van der Waals surface area contributed by atoms with Gasteiger partial charge in [-0.1, -0.05) is 23.5 Å². The Kier molecular flexibility index (Phi) is 3.80. The van der Waals surface area contributed by atoms with E-state index in [0.717, 1.165) is 10.2 Å². The predicted octanol–water partition coefficient (Wildman–Crippen LogP) is 0.708. The molecule has 0 saturated heterocycles. The maximum atomic E-state index is 12.5. The number of hydrogen-bond acceptors (Lipinski definition) is 6. The summed E-state index contributed by atoms with van der Waals surface area (Å²) in [4.78, 5) is 17.5. The van der Waals surface area contributed by atoms with E-state index in [4.69, 9.17) is 0 Å². The van der Waals surface area contributed by atoms with Crippen molar-refractivity contribution in [3.05, 3.63) is 40.8 Å². The fraction of sp³-hybridized carbons (Fsp3) is 0. The molecule has 1 aromatic carbocycles. The molecule has 0 atom stereocenters. The van der Waals surface area contributed by atoms with Crippen LogP contribution in [0.5, 0.6) is 0 Å². The number of hydrogen-bond donors (Lipinski definition) is 1.